The van der Waals surface area contributed by atoms with Crippen LogP contribution in [-0.2, 0) is 6.61 Å². The SMILES string of the molecule is CC(C)c1ccc(-c2csc3ncnc(Nc4ccc(OCc5ccccc5)cc4)c23)cc1. The minimum absolute atomic E-state index is 0.512. The van der Waals surface area contributed by atoms with Crippen LogP contribution in [0.5, 0.6) is 5.75 Å². The predicted octanol–water partition coefficient (Wildman–Crippen LogP) is 7.80. The van der Waals surface area contributed by atoms with Crippen molar-refractivity contribution < 1.29 is 4.74 Å². The molecule has 5 rings (SSSR count). The maximum Gasteiger partial charge on any atom is 0.143 e. The second-order valence-corrected chi connectivity index (χ2v) is 9.11. The van der Waals surface area contributed by atoms with Gasteiger partial charge in [-0.1, -0.05) is 68.4 Å². The molecule has 0 atom stereocenters. The van der Waals surface area contributed by atoms with Crippen molar-refractivity contribution in [1.82, 2.24) is 9.97 Å². The molecule has 2 heterocycles. The van der Waals surface area contributed by atoms with E-state index in [0.29, 0.717) is 12.5 Å². The van der Waals surface area contributed by atoms with Crippen LogP contribution in [0.4, 0.5) is 11.5 Å². The normalized spacial score (nSPS) is 11.1. The molecule has 5 heteroatoms. The van der Waals surface area contributed by atoms with Crippen LogP contribution in [0.3, 0.4) is 0 Å². The first-order valence-electron chi connectivity index (χ1n) is 11.0. The van der Waals surface area contributed by atoms with E-state index < -0.39 is 0 Å². The van der Waals surface area contributed by atoms with Crippen LogP contribution >= 0.6 is 11.3 Å². The van der Waals surface area contributed by atoms with Gasteiger partial charge in [0.15, 0.2) is 0 Å². The third kappa shape index (κ3) is 4.73. The lowest BCUT2D eigenvalue weighted by Gasteiger charge is -2.11. The number of rotatable bonds is 7. The standard InChI is InChI=1S/C28H25N3OS/c1-19(2)21-8-10-22(11-9-21)25-17-33-28-26(25)27(29-18-30-28)31-23-12-14-24(15-13-23)32-16-20-6-4-3-5-7-20/h3-15,17-19H,16H2,1-2H3,(H,29,30,31). The summed E-state index contributed by atoms with van der Waals surface area (Å²) in [5.74, 6) is 2.15. The molecule has 0 unspecified atom stereocenters. The van der Waals surface area contributed by atoms with Gasteiger partial charge in [-0.25, -0.2) is 9.97 Å². The van der Waals surface area contributed by atoms with Gasteiger partial charge in [0.25, 0.3) is 0 Å². The Morgan fingerprint density at radius 1 is 0.879 bits per heavy atom. The molecule has 0 radical (unpaired) electrons. The number of ether oxygens (including phenoxy) is 1. The molecule has 0 bridgehead atoms. The summed E-state index contributed by atoms with van der Waals surface area (Å²) in [5.41, 5.74) is 5.76. The molecule has 0 amide bonds. The maximum atomic E-state index is 5.91. The first-order valence-corrected chi connectivity index (χ1v) is 11.9. The van der Waals surface area contributed by atoms with Crippen LogP contribution in [-0.4, -0.2) is 9.97 Å². The van der Waals surface area contributed by atoms with E-state index in [-0.39, 0.29) is 0 Å². The number of nitrogens with zero attached hydrogens (tertiary/aromatic N) is 2. The first-order chi connectivity index (χ1) is 16.2. The number of aromatic nitrogens is 2. The van der Waals surface area contributed by atoms with Crippen LogP contribution in [0, 0.1) is 0 Å². The second-order valence-electron chi connectivity index (χ2n) is 8.25. The van der Waals surface area contributed by atoms with Crippen molar-refractivity contribution in [2.45, 2.75) is 26.4 Å². The molecule has 164 valence electrons. The van der Waals surface area contributed by atoms with Crippen molar-refractivity contribution in [2.75, 3.05) is 5.32 Å². The molecular formula is C28H25N3OS. The van der Waals surface area contributed by atoms with Crippen LogP contribution < -0.4 is 10.1 Å². The lowest BCUT2D eigenvalue weighted by atomic mass is 9.99. The van der Waals surface area contributed by atoms with E-state index in [9.17, 15) is 0 Å². The van der Waals surface area contributed by atoms with Crippen molar-refractivity contribution in [2.24, 2.45) is 0 Å². The summed E-state index contributed by atoms with van der Waals surface area (Å²) in [4.78, 5) is 10.0. The lowest BCUT2D eigenvalue weighted by molar-refractivity contribution is 0.306. The van der Waals surface area contributed by atoms with Crippen molar-refractivity contribution in [3.8, 4) is 16.9 Å². The zero-order chi connectivity index (χ0) is 22.6. The smallest absolute Gasteiger partial charge is 0.143 e. The number of nitrogens with one attached hydrogen (secondary N) is 1. The Bertz CT molecular complexity index is 1340. The highest BCUT2D eigenvalue weighted by Gasteiger charge is 2.14. The van der Waals surface area contributed by atoms with Gasteiger partial charge < -0.3 is 10.1 Å². The molecule has 3 aromatic carbocycles. The molecular weight excluding hydrogens is 426 g/mol. The van der Waals surface area contributed by atoms with Crippen molar-refractivity contribution >= 4 is 33.1 Å². The molecule has 2 aromatic heterocycles. The molecule has 5 aromatic rings. The average Bonchev–Trinajstić information content (AvgIpc) is 3.30. The van der Waals surface area contributed by atoms with Crippen molar-refractivity contribution in [1.29, 1.82) is 0 Å². The zero-order valence-electron chi connectivity index (χ0n) is 18.7. The summed E-state index contributed by atoms with van der Waals surface area (Å²) in [6.07, 6.45) is 1.62. The summed E-state index contributed by atoms with van der Waals surface area (Å²) in [6, 6.07) is 26.9. The van der Waals surface area contributed by atoms with Crippen LogP contribution in [0.25, 0.3) is 21.3 Å². The van der Waals surface area contributed by atoms with Crippen LogP contribution in [0.2, 0.25) is 0 Å². The molecule has 33 heavy (non-hydrogen) atoms. The summed E-state index contributed by atoms with van der Waals surface area (Å²) in [5, 5.41) is 6.68. The highest BCUT2D eigenvalue weighted by molar-refractivity contribution is 7.17. The van der Waals surface area contributed by atoms with Gasteiger partial charge in [-0.05, 0) is 46.9 Å². The molecule has 4 nitrogen and oxygen atoms in total. The van der Waals surface area contributed by atoms with E-state index in [1.807, 2.05) is 42.5 Å². The maximum absolute atomic E-state index is 5.91. The van der Waals surface area contributed by atoms with Gasteiger partial charge in [-0.3, -0.25) is 0 Å². The fraction of sp³-hybridized carbons (Fsp3) is 0.143. The number of anilines is 2. The summed E-state index contributed by atoms with van der Waals surface area (Å²) in [6.45, 7) is 4.97. The molecule has 0 aliphatic carbocycles. The highest BCUT2D eigenvalue weighted by atomic mass is 32.1. The zero-order valence-corrected chi connectivity index (χ0v) is 19.5. The number of thiophene rings is 1. The Kier molecular flexibility index (Phi) is 6.05. The fourth-order valence-corrected chi connectivity index (χ4v) is 4.66. The molecule has 1 N–H and O–H groups in total. The molecule has 0 aliphatic heterocycles. The number of hydrogen-bond donors (Lipinski definition) is 1. The Labute approximate surface area is 197 Å². The van der Waals surface area contributed by atoms with E-state index in [1.54, 1.807) is 17.7 Å². The molecule has 0 fully saturated rings. The van der Waals surface area contributed by atoms with E-state index in [2.05, 4.69) is 70.9 Å². The molecule has 0 aliphatic rings. The van der Waals surface area contributed by atoms with Gasteiger partial charge in [-0.2, -0.15) is 0 Å². The fourth-order valence-electron chi connectivity index (χ4n) is 3.74. The van der Waals surface area contributed by atoms with E-state index in [0.717, 1.165) is 38.6 Å². The highest BCUT2D eigenvalue weighted by Crippen LogP contribution is 2.38. The number of benzene rings is 3. The van der Waals surface area contributed by atoms with Crippen molar-refractivity contribution in [3.63, 3.8) is 0 Å². The summed E-state index contributed by atoms with van der Waals surface area (Å²) in [7, 11) is 0. The third-order valence-corrected chi connectivity index (χ3v) is 6.51. The molecule has 0 spiro atoms. The Morgan fingerprint density at radius 2 is 1.64 bits per heavy atom. The number of hydrogen-bond acceptors (Lipinski definition) is 5. The van der Waals surface area contributed by atoms with Gasteiger partial charge in [-0.15, -0.1) is 11.3 Å². The van der Waals surface area contributed by atoms with Crippen LogP contribution in [0.1, 0.15) is 30.9 Å². The van der Waals surface area contributed by atoms with Gasteiger partial charge in [0.05, 0.1) is 5.39 Å². The Morgan fingerprint density at radius 3 is 2.36 bits per heavy atom. The molecule has 0 saturated carbocycles. The van der Waals surface area contributed by atoms with Gasteiger partial charge in [0.2, 0.25) is 0 Å². The first kappa shape index (κ1) is 21.2. The van der Waals surface area contributed by atoms with E-state index in [4.69, 9.17) is 4.74 Å². The monoisotopic (exact) mass is 451 g/mol. The van der Waals surface area contributed by atoms with Crippen molar-refractivity contribution in [3.05, 3.63) is 102 Å². The Hall–Kier alpha value is -3.70. The quantitative estimate of drug-likeness (QED) is 0.274. The average molecular weight is 452 g/mol. The van der Waals surface area contributed by atoms with Gasteiger partial charge in [0, 0.05) is 16.6 Å². The predicted molar refractivity (Wildman–Crippen MR) is 137 cm³/mol. The summed E-state index contributed by atoms with van der Waals surface area (Å²) < 4.78 is 5.91. The summed E-state index contributed by atoms with van der Waals surface area (Å²) >= 11 is 1.64. The van der Waals surface area contributed by atoms with Crippen LogP contribution in [0.15, 0.2) is 90.6 Å². The number of fused-ring (bicyclic) bond motifs is 1. The van der Waals surface area contributed by atoms with Gasteiger partial charge >= 0.3 is 0 Å². The molecule has 0 saturated heterocycles. The Balaban J connectivity index is 1.37. The minimum atomic E-state index is 0.512. The topological polar surface area (TPSA) is 47.0 Å². The third-order valence-electron chi connectivity index (χ3n) is 5.62. The lowest BCUT2D eigenvalue weighted by Crippen LogP contribution is -1.97. The van der Waals surface area contributed by atoms with E-state index in [1.165, 1.54) is 11.1 Å². The largest absolute Gasteiger partial charge is 0.489 e. The minimum Gasteiger partial charge on any atom is -0.489 e. The van der Waals surface area contributed by atoms with E-state index >= 15 is 0 Å². The van der Waals surface area contributed by atoms with Gasteiger partial charge in [0.1, 0.15) is 29.3 Å². The second kappa shape index (κ2) is 9.43.